The smallest absolute Gasteiger partial charge is 0.318 e. The van der Waals surface area contributed by atoms with Crippen molar-refractivity contribution in [2.45, 2.75) is 37.8 Å². The lowest BCUT2D eigenvalue weighted by atomic mass is 9.72. The van der Waals surface area contributed by atoms with Crippen LogP contribution < -0.4 is 5.32 Å². The topological polar surface area (TPSA) is 32.3 Å². The summed E-state index contributed by atoms with van der Waals surface area (Å²) >= 11 is 0. The van der Waals surface area contributed by atoms with E-state index in [1.54, 1.807) is 0 Å². The molecular formula is C20H22N2O. The Hall–Kier alpha value is -2.29. The second-order valence-corrected chi connectivity index (χ2v) is 6.67. The molecule has 1 N–H and O–H groups in total. The van der Waals surface area contributed by atoms with Crippen molar-refractivity contribution in [2.75, 3.05) is 6.54 Å². The number of amides is 2. The van der Waals surface area contributed by atoms with Gasteiger partial charge in [-0.05, 0) is 42.4 Å². The minimum atomic E-state index is -0.157. The predicted molar refractivity (Wildman–Crippen MR) is 91.1 cm³/mol. The number of rotatable bonds is 2. The summed E-state index contributed by atoms with van der Waals surface area (Å²) in [5.74, 6) is 0. The largest absolute Gasteiger partial charge is 0.328 e. The quantitative estimate of drug-likeness (QED) is 0.898. The standard InChI is InChI=1S/C20H22N2O/c23-19(22-14-11-16-7-4-5-8-17(16)15-22)21-20(12-6-13-20)18-9-2-1-3-10-18/h1-5,7-10H,6,11-15H2,(H,21,23). The van der Waals surface area contributed by atoms with E-state index in [9.17, 15) is 4.79 Å². The minimum Gasteiger partial charge on any atom is -0.328 e. The van der Waals surface area contributed by atoms with Gasteiger partial charge < -0.3 is 10.2 Å². The first-order chi connectivity index (χ1) is 11.3. The van der Waals surface area contributed by atoms with Crippen molar-refractivity contribution in [3.05, 3.63) is 71.3 Å². The van der Waals surface area contributed by atoms with Crippen molar-refractivity contribution < 1.29 is 4.79 Å². The Bertz CT molecular complexity index is 707. The molecule has 2 aliphatic rings. The Morgan fingerprint density at radius 3 is 2.35 bits per heavy atom. The van der Waals surface area contributed by atoms with Gasteiger partial charge in [0.15, 0.2) is 0 Å². The van der Waals surface area contributed by atoms with Crippen LogP contribution in [0.1, 0.15) is 36.0 Å². The number of hydrogen-bond acceptors (Lipinski definition) is 1. The molecule has 2 aromatic carbocycles. The third-order valence-electron chi connectivity index (χ3n) is 5.30. The molecule has 0 saturated heterocycles. The molecule has 1 fully saturated rings. The molecule has 3 nitrogen and oxygen atoms in total. The lowest BCUT2D eigenvalue weighted by molar-refractivity contribution is 0.146. The third-order valence-corrected chi connectivity index (χ3v) is 5.30. The van der Waals surface area contributed by atoms with E-state index < -0.39 is 0 Å². The van der Waals surface area contributed by atoms with E-state index in [2.05, 4.69) is 53.8 Å². The minimum absolute atomic E-state index is 0.0723. The lowest BCUT2D eigenvalue weighted by Crippen LogP contribution is -2.55. The second kappa shape index (κ2) is 5.73. The number of nitrogens with zero attached hydrogens (tertiary/aromatic N) is 1. The van der Waals surface area contributed by atoms with Crippen LogP contribution in [0.25, 0.3) is 0 Å². The number of fused-ring (bicyclic) bond motifs is 1. The first-order valence-electron chi connectivity index (χ1n) is 8.46. The van der Waals surface area contributed by atoms with Gasteiger partial charge in [-0.3, -0.25) is 0 Å². The van der Waals surface area contributed by atoms with Crippen LogP contribution in [0.2, 0.25) is 0 Å². The van der Waals surface area contributed by atoms with Gasteiger partial charge in [0.05, 0.1) is 5.54 Å². The maximum Gasteiger partial charge on any atom is 0.318 e. The van der Waals surface area contributed by atoms with Crippen LogP contribution in [0.5, 0.6) is 0 Å². The SMILES string of the molecule is O=C(NC1(c2ccccc2)CCC1)N1CCc2ccccc2C1. The molecule has 23 heavy (non-hydrogen) atoms. The van der Waals surface area contributed by atoms with Gasteiger partial charge in [0.25, 0.3) is 0 Å². The van der Waals surface area contributed by atoms with Crippen molar-refractivity contribution in [2.24, 2.45) is 0 Å². The molecule has 0 unspecified atom stereocenters. The van der Waals surface area contributed by atoms with E-state index in [-0.39, 0.29) is 11.6 Å². The van der Waals surface area contributed by atoms with E-state index in [1.807, 2.05) is 11.0 Å². The van der Waals surface area contributed by atoms with Gasteiger partial charge in [-0.2, -0.15) is 0 Å². The summed E-state index contributed by atoms with van der Waals surface area (Å²) in [4.78, 5) is 14.8. The average molecular weight is 306 g/mol. The molecule has 0 radical (unpaired) electrons. The summed E-state index contributed by atoms with van der Waals surface area (Å²) in [5, 5.41) is 3.33. The van der Waals surface area contributed by atoms with Crippen molar-refractivity contribution in [1.29, 1.82) is 0 Å². The molecule has 1 aliphatic carbocycles. The second-order valence-electron chi connectivity index (χ2n) is 6.67. The van der Waals surface area contributed by atoms with Crippen LogP contribution in [0.4, 0.5) is 4.79 Å². The number of nitrogens with one attached hydrogen (secondary N) is 1. The van der Waals surface area contributed by atoms with Crippen molar-refractivity contribution in [3.8, 4) is 0 Å². The first kappa shape index (κ1) is 14.3. The summed E-state index contributed by atoms with van der Waals surface area (Å²) in [6.07, 6.45) is 4.19. The Morgan fingerprint density at radius 2 is 1.65 bits per heavy atom. The fourth-order valence-corrected chi connectivity index (χ4v) is 3.73. The van der Waals surface area contributed by atoms with Crippen molar-refractivity contribution in [3.63, 3.8) is 0 Å². The Kier molecular flexibility index (Phi) is 3.56. The summed E-state index contributed by atoms with van der Waals surface area (Å²) in [5.41, 5.74) is 3.72. The van der Waals surface area contributed by atoms with Gasteiger partial charge in [0.1, 0.15) is 0 Å². The highest BCUT2D eigenvalue weighted by Crippen LogP contribution is 2.41. The molecule has 1 aliphatic heterocycles. The van der Waals surface area contributed by atoms with Gasteiger partial charge in [-0.25, -0.2) is 4.79 Å². The van der Waals surface area contributed by atoms with Crippen LogP contribution in [-0.2, 0) is 18.5 Å². The zero-order chi connectivity index (χ0) is 15.7. The third kappa shape index (κ3) is 2.61. The molecule has 0 atom stereocenters. The van der Waals surface area contributed by atoms with Crippen molar-refractivity contribution >= 4 is 6.03 Å². The van der Waals surface area contributed by atoms with Gasteiger partial charge in [0, 0.05) is 13.1 Å². The molecule has 0 spiro atoms. The number of hydrogen-bond donors (Lipinski definition) is 1. The normalized spacial score (nSPS) is 18.7. The Balaban J connectivity index is 1.50. The van der Waals surface area contributed by atoms with Crippen LogP contribution >= 0.6 is 0 Å². The summed E-state index contributed by atoms with van der Waals surface area (Å²) in [7, 11) is 0. The highest BCUT2D eigenvalue weighted by atomic mass is 16.2. The van der Waals surface area contributed by atoms with E-state index in [1.165, 1.54) is 23.1 Å². The fraction of sp³-hybridized carbons (Fsp3) is 0.350. The molecular weight excluding hydrogens is 284 g/mol. The number of carbonyl (C=O) groups is 1. The van der Waals surface area contributed by atoms with Crippen LogP contribution in [0, 0.1) is 0 Å². The van der Waals surface area contributed by atoms with E-state index in [4.69, 9.17) is 0 Å². The van der Waals surface area contributed by atoms with Gasteiger partial charge in [-0.1, -0.05) is 54.6 Å². The molecule has 2 amide bonds. The molecule has 118 valence electrons. The van der Waals surface area contributed by atoms with Gasteiger partial charge in [0.2, 0.25) is 0 Å². The Labute approximate surface area is 137 Å². The highest BCUT2D eigenvalue weighted by Gasteiger charge is 2.41. The van der Waals surface area contributed by atoms with Gasteiger partial charge in [-0.15, -0.1) is 0 Å². The number of carbonyl (C=O) groups excluding carboxylic acids is 1. The summed E-state index contributed by atoms with van der Waals surface area (Å²) < 4.78 is 0. The molecule has 0 aromatic heterocycles. The molecule has 3 heteroatoms. The number of benzene rings is 2. The molecule has 4 rings (SSSR count). The van der Waals surface area contributed by atoms with Gasteiger partial charge >= 0.3 is 6.03 Å². The monoisotopic (exact) mass is 306 g/mol. The average Bonchev–Trinajstić information content (AvgIpc) is 2.58. The van der Waals surface area contributed by atoms with Crippen LogP contribution in [-0.4, -0.2) is 17.5 Å². The lowest BCUT2D eigenvalue weighted by Gasteiger charge is -2.44. The number of urea groups is 1. The van der Waals surface area contributed by atoms with Crippen molar-refractivity contribution in [1.82, 2.24) is 10.2 Å². The predicted octanol–water partition coefficient (Wildman–Crippen LogP) is 3.83. The maximum atomic E-state index is 12.8. The Morgan fingerprint density at radius 1 is 0.957 bits per heavy atom. The van der Waals surface area contributed by atoms with Crippen LogP contribution in [0.3, 0.4) is 0 Å². The summed E-state index contributed by atoms with van der Waals surface area (Å²) in [6.45, 7) is 1.51. The summed E-state index contributed by atoms with van der Waals surface area (Å²) in [6, 6.07) is 18.9. The fourth-order valence-electron chi connectivity index (χ4n) is 3.73. The molecule has 1 saturated carbocycles. The maximum absolute atomic E-state index is 12.8. The van der Waals surface area contributed by atoms with E-state index in [0.717, 1.165) is 25.8 Å². The molecule has 0 bridgehead atoms. The first-order valence-corrected chi connectivity index (χ1v) is 8.46. The molecule has 1 heterocycles. The van der Waals surface area contributed by atoms with Crippen LogP contribution in [0.15, 0.2) is 54.6 Å². The zero-order valence-corrected chi connectivity index (χ0v) is 13.3. The molecule has 2 aromatic rings. The zero-order valence-electron chi connectivity index (χ0n) is 13.3. The van der Waals surface area contributed by atoms with E-state index in [0.29, 0.717) is 6.54 Å². The highest BCUT2D eigenvalue weighted by molar-refractivity contribution is 5.76. The van der Waals surface area contributed by atoms with E-state index >= 15 is 0 Å².